The minimum Gasteiger partial charge on any atom is -0.475 e. The molecule has 1 fully saturated rings. The number of hydrogen-bond acceptors (Lipinski definition) is 7. The van der Waals surface area contributed by atoms with Crippen LogP contribution in [-0.2, 0) is 14.4 Å². The SMILES string of the molecule is NCCCCCCCCNc1cccc2c1C(=O)N(C1CCC(=O)NC1=O)C2=O.O=C(O)C(F)(F)F. The van der Waals surface area contributed by atoms with Crippen LogP contribution >= 0.6 is 0 Å². The highest BCUT2D eigenvalue weighted by Gasteiger charge is 2.45. The lowest BCUT2D eigenvalue weighted by Gasteiger charge is -2.27. The molecule has 1 saturated heterocycles. The number of carbonyl (C=O) groups excluding carboxylic acids is 4. The van der Waals surface area contributed by atoms with E-state index in [-0.39, 0.29) is 18.7 Å². The summed E-state index contributed by atoms with van der Waals surface area (Å²) >= 11 is 0. The molecular weight excluding hydrogens is 485 g/mol. The van der Waals surface area contributed by atoms with Gasteiger partial charge in [0.05, 0.1) is 11.1 Å². The predicted octanol–water partition coefficient (Wildman–Crippen LogP) is 2.43. The molecule has 0 aliphatic carbocycles. The molecular formula is C23H29F3N4O6. The van der Waals surface area contributed by atoms with E-state index in [0.29, 0.717) is 23.4 Å². The van der Waals surface area contributed by atoms with Crippen molar-refractivity contribution in [3.8, 4) is 0 Å². The minimum absolute atomic E-state index is 0.111. The Hall–Kier alpha value is -3.48. The monoisotopic (exact) mass is 514 g/mol. The lowest BCUT2D eigenvalue weighted by atomic mass is 10.0. The number of amides is 4. The number of alkyl halides is 3. The number of nitrogens with zero attached hydrogens (tertiary/aromatic N) is 1. The first-order valence-electron chi connectivity index (χ1n) is 11.6. The maximum atomic E-state index is 13.0. The fourth-order valence-corrected chi connectivity index (χ4v) is 3.86. The van der Waals surface area contributed by atoms with E-state index in [1.807, 2.05) is 0 Å². The number of carbonyl (C=O) groups is 5. The topological polar surface area (TPSA) is 159 Å². The Bertz CT molecular complexity index is 999. The van der Waals surface area contributed by atoms with E-state index in [1.165, 1.54) is 6.42 Å². The van der Waals surface area contributed by atoms with Crippen LogP contribution in [0.2, 0.25) is 0 Å². The van der Waals surface area contributed by atoms with Crippen molar-refractivity contribution in [2.24, 2.45) is 5.73 Å². The lowest BCUT2D eigenvalue weighted by Crippen LogP contribution is -2.54. The Morgan fingerprint density at radius 2 is 1.67 bits per heavy atom. The molecule has 0 saturated carbocycles. The van der Waals surface area contributed by atoms with E-state index in [4.69, 9.17) is 15.6 Å². The van der Waals surface area contributed by atoms with Gasteiger partial charge in [-0.25, -0.2) is 4.79 Å². The molecule has 1 atom stereocenters. The summed E-state index contributed by atoms with van der Waals surface area (Å²) in [6, 6.07) is 4.16. The molecule has 4 amide bonds. The molecule has 2 aliphatic rings. The normalized spacial score (nSPS) is 17.3. The van der Waals surface area contributed by atoms with Crippen molar-refractivity contribution in [2.75, 3.05) is 18.4 Å². The third-order valence-corrected chi connectivity index (χ3v) is 5.66. The van der Waals surface area contributed by atoms with Crippen molar-refractivity contribution in [2.45, 2.75) is 63.6 Å². The first kappa shape index (κ1) is 28.8. The van der Waals surface area contributed by atoms with Gasteiger partial charge < -0.3 is 16.2 Å². The molecule has 0 bridgehead atoms. The highest BCUT2D eigenvalue weighted by atomic mass is 19.4. The predicted molar refractivity (Wildman–Crippen MR) is 122 cm³/mol. The zero-order valence-electron chi connectivity index (χ0n) is 19.5. The summed E-state index contributed by atoms with van der Waals surface area (Å²) in [5.41, 5.74) is 6.71. The summed E-state index contributed by atoms with van der Waals surface area (Å²) in [5, 5.41) is 12.6. The van der Waals surface area contributed by atoms with Crippen LogP contribution in [-0.4, -0.2) is 64.9 Å². The van der Waals surface area contributed by atoms with Crippen molar-refractivity contribution in [3.63, 3.8) is 0 Å². The molecule has 2 aliphatic heterocycles. The number of halogens is 3. The molecule has 0 aromatic heterocycles. The molecule has 10 nitrogen and oxygen atoms in total. The number of nitrogens with one attached hydrogen (secondary N) is 2. The third kappa shape index (κ3) is 7.51. The van der Waals surface area contributed by atoms with Crippen LogP contribution in [0.5, 0.6) is 0 Å². The summed E-state index contributed by atoms with van der Waals surface area (Å²) in [4.78, 5) is 59.2. The summed E-state index contributed by atoms with van der Waals surface area (Å²) < 4.78 is 31.7. The van der Waals surface area contributed by atoms with E-state index in [2.05, 4.69) is 10.6 Å². The first-order chi connectivity index (χ1) is 17.0. The molecule has 1 aromatic rings. The van der Waals surface area contributed by atoms with Gasteiger partial charge >= 0.3 is 12.1 Å². The van der Waals surface area contributed by atoms with Gasteiger partial charge in [0.2, 0.25) is 11.8 Å². The second-order valence-corrected chi connectivity index (χ2v) is 8.32. The highest BCUT2D eigenvalue weighted by molar-refractivity contribution is 6.25. The van der Waals surface area contributed by atoms with Crippen LogP contribution in [0.25, 0.3) is 0 Å². The molecule has 0 radical (unpaired) electrons. The van der Waals surface area contributed by atoms with Gasteiger partial charge in [-0.2, -0.15) is 13.2 Å². The van der Waals surface area contributed by atoms with Crippen molar-refractivity contribution in [1.82, 2.24) is 10.2 Å². The van der Waals surface area contributed by atoms with Crippen LogP contribution in [0.1, 0.15) is 72.1 Å². The average molecular weight is 515 g/mol. The quantitative estimate of drug-likeness (QED) is 0.274. The van der Waals surface area contributed by atoms with Gasteiger partial charge in [-0.05, 0) is 37.9 Å². The standard InChI is InChI=1S/C21H28N4O4.C2HF3O2/c22-12-5-3-1-2-4-6-13-23-15-9-7-8-14-18(15)21(29)25(20(14)28)16-10-11-17(26)24-19(16)27;3-2(4,5)1(6)7/h7-9,16,23H,1-6,10-13,22H2,(H,24,26,27);(H,6,7). The number of benzene rings is 1. The Kier molecular flexibility index (Phi) is 10.4. The molecule has 13 heteroatoms. The smallest absolute Gasteiger partial charge is 0.475 e. The van der Waals surface area contributed by atoms with E-state index < -0.39 is 35.9 Å². The fraction of sp³-hybridized carbons (Fsp3) is 0.522. The summed E-state index contributed by atoms with van der Waals surface area (Å²) in [6.07, 6.45) is 1.77. The van der Waals surface area contributed by atoms with Crippen molar-refractivity contribution < 1.29 is 42.3 Å². The Morgan fingerprint density at radius 1 is 1.06 bits per heavy atom. The fourth-order valence-electron chi connectivity index (χ4n) is 3.86. The summed E-state index contributed by atoms with van der Waals surface area (Å²) in [7, 11) is 0. The van der Waals surface area contributed by atoms with Crippen LogP contribution in [0.3, 0.4) is 0 Å². The van der Waals surface area contributed by atoms with Gasteiger partial charge in [-0.1, -0.05) is 31.7 Å². The number of unbranched alkanes of at least 4 members (excludes halogenated alkanes) is 5. The number of fused-ring (bicyclic) bond motifs is 1. The van der Waals surface area contributed by atoms with Crippen LogP contribution in [0, 0.1) is 0 Å². The van der Waals surface area contributed by atoms with Gasteiger partial charge in [-0.15, -0.1) is 0 Å². The summed E-state index contributed by atoms with van der Waals surface area (Å²) in [6.45, 7) is 1.44. The molecule has 2 heterocycles. The van der Waals surface area contributed by atoms with E-state index in [9.17, 15) is 32.3 Å². The van der Waals surface area contributed by atoms with Gasteiger partial charge in [0, 0.05) is 18.7 Å². The molecule has 36 heavy (non-hydrogen) atoms. The molecule has 198 valence electrons. The number of rotatable bonds is 10. The molecule has 3 rings (SSSR count). The van der Waals surface area contributed by atoms with Gasteiger partial charge in [-0.3, -0.25) is 29.4 Å². The molecule has 1 unspecified atom stereocenters. The van der Waals surface area contributed by atoms with E-state index in [0.717, 1.165) is 43.5 Å². The van der Waals surface area contributed by atoms with Crippen molar-refractivity contribution in [1.29, 1.82) is 0 Å². The second-order valence-electron chi connectivity index (χ2n) is 8.32. The van der Waals surface area contributed by atoms with Crippen LogP contribution in [0.4, 0.5) is 18.9 Å². The summed E-state index contributed by atoms with van der Waals surface area (Å²) in [5.74, 6) is -4.70. The number of piperidine rings is 1. The largest absolute Gasteiger partial charge is 0.490 e. The Labute approximate surface area is 205 Å². The number of anilines is 1. The van der Waals surface area contributed by atoms with E-state index in [1.54, 1.807) is 18.2 Å². The lowest BCUT2D eigenvalue weighted by molar-refractivity contribution is -0.192. The molecule has 0 spiro atoms. The number of aliphatic carboxylic acids is 1. The minimum atomic E-state index is -5.08. The number of imide groups is 2. The van der Waals surface area contributed by atoms with E-state index >= 15 is 0 Å². The number of nitrogens with two attached hydrogens (primary N) is 1. The van der Waals surface area contributed by atoms with Gasteiger partial charge in [0.15, 0.2) is 0 Å². The number of carboxylic acids is 1. The van der Waals surface area contributed by atoms with Gasteiger partial charge in [0.1, 0.15) is 6.04 Å². The maximum absolute atomic E-state index is 13.0. The highest BCUT2D eigenvalue weighted by Crippen LogP contribution is 2.32. The van der Waals surface area contributed by atoms with Crippen LogP contribution in [0.15, 0.2) is 18.2 Å². The zero-order chi connectivity index (χ0) is 26.9. The zero-order valence-corrected chi connectivity index (χ0v) is 19.5. The van der Waals surface area contributed by atoms with Crippen molar-refractivity contribution >= 4 is 35.3 Å². The second kappa shape index (κ2) is 13.0. The maximum Gasteiger partial charge on any atom is 0.490 e. The number of hydrogen-bond donors (Lipinski definition) is 4. The molecule has 1 aromatic carbocycles. The Balaban J connectivity index is 0.000000572. The van der Waals surface area contributed by atoms with Crippen molar-refractivity contribution in [3.05, 3.63) is 29.3 Å². The average Bonchev–Trinajstić information content (AvgIpc) is 3.06. The first-order valence-corrected chi connectivity index (χ1v) is 11.6. The van der Waals surface area contributed by atoms with Gasteiger partial charge in [0.25, 0.3) is 11.8 Å². The molecule has 5 N–H and O–H groups in total. The third-order valence-electron chi connectivity index (χ3n) is 5.66. The number of carboxylic acid groups (broad SMARTS) is 1. The Morgan fingerprint density at radius 3 is 2.25 bits per heavy atom. The van der Waals surface area contributed by atoms with Crippen LogP contribution < -0.4 is 16.4 Å².